The number of aliphatic hydroxyl groups excluding tert-OH is 1. The van der Waals surface area contributed by atoms with Crippen LogP contribution in [-0.2, 0) is 4.79 Å². The summed E-state index contributed by atoms with van der Waals surface area (Å²) in [6, 6.07) is 7.78. The van der Waals surface area contributed by atoms with Gasteiger partial charge in [-0.05, 0) is 17.7 Å². The molecule has 1 heterocycles. The summed E-state index contributed by atoms with van der Waals surface area (Å²) in [5, 5.41) is 19.8. The highest BCUT2D eigenvalue weighted by Crippen LogP contribution is 2.49. The largest absolute Gasteiger partial charge is 0.504 e. The van der Waals surface area contributed by atoms with E-state index in [0.717, 1.165) is 0 Å². The molecule has 150 valence electrons. The lowest BCUT2D eigenvalue weighted by atomic mass is 9.82. The SMILES string of the molecule is COc1ccc([C@@H]2[C@@H](CO)C(=O)N2c2cc(OC)c(OC)c(OC)c2)cc1O. The summed E-state index contributed by atoms with van der Waals surface area (Å²) in [6.07, 6.45) is 0. The summed E-state index contributed by atoms with van der Waals surface area (Å²) in [6.45, 7) is -0.308. The minimum absolute atomic E-state index is 0.0409. The molecule has 0 bridgehead atoms. The predicted molar refractivity (Wildman–Crippen MR) is 102 cm³/mol. The van der Waals surface area contributed by atoms with E-state index in [1.807, 2.05) is 0 Å². The number of carbonyl (C=O) groups excluding carboxylic acids is 1. The number of β-lactam (4-membered cyclic amide) rings is 1. The molecule has 0 aliphatic carbocycles. The van der Waals surface area contributed by atoms with Gasteiger partial charge in [-0.2, -0.15) is 0 Å². The lowest BCUT2D eigenvalue weighted by Gasteiger charge is -2.47. The van der Waals surface area contributed by atoms with Gasteiger partial charge in [0.2, 0.25) is 11.7 Å². The fourth-order valence-electron chi connectivity index (χ4n) is 3.49. The molecule has 0 saturated carbocycles. The first kappa shape index (κ1) is 19.6. The van der Waals surface area contributed by atoms with Gasteiger partial charge in [-0.25, -0.2) is 0 Å². The van der Waals surface area contributed by atoms with Gasteiger partial charge in [-0.1, -0.05) is 6.07 Å². The van der Waals surface area contributed by atoms with Crippen LogP contribution in [0.15, 0.2) is 30.3 Å². The van der Waals surface area contributed by atoms with Crippen molar-refractivity contribution < 1.29 is 34.0 Å². The zero-order valence-corrected chi connectivity index (χ0v) is 16.1. The van der Waals surface area contributed by atoms with Crippen LogP contribution in [0.25, 0.3) is 0 Å². The highest BCUT2D eigenvalue weighted by atomic mass is 16.5. The van der Waals surface area contributed by atoms with Gasteiger partial charge in [0.1, 0.15) is 0 Å². The van der Waals surface area contributed by atoms with Gasteiger partial charge < -0.3 is 34.1 Å². The van der Waals surface area contributed by atoms with Gasteiger partial charge in [-0.15, -0.1) is 0 Å². The third-order valence-electron chi connectivity index (χ3n) is 4.88. The Hall–Kier alpha value is -3.13. The topological polar surface area (TPSA) is 97.7 Å². The molecule has 3 rings (SSSR count). The summed E-state index contributed by atoms with van der Waals surface area (Å²) < 4.78 is 21.1. The highest BCUT2D eigenvalue weighted by Gasteiger charge is 2.49. The van der Waals surface area contributed by atoms with Crippen LogP contribution in [0, 0.1) is 5.92 Å². The van der Waals surface area contributed by atoms with Gasteiger partial charge in [0.05, 0.1) is 52.7 Å². The van der Waals surface area contributed by atoms with Crippen molar-refractivity contribution in [2.75, 3.05) is 39.9 Å². The summed E-state index contributed by atoms with van der Waals surface area (Å²) >= 11 is 0. The van der Waals surface area contributed by atoms with Crippen LogP contribution in [0.1, 0.15) is 11.6 Å². The molecule has 1 saturated heterocycles. The first-order valence-corrected chi connectivity index (χ1v) is 8.61. The lowest BCUT2D eigenvalue weighted by Crippen LogP contribution is -2.56. The molecular weight excluding hydrogens is 366 g/mol. The Balaban J connectivity index is 2.07. The second-order valence-electron chi connectivity index (χ2n) is 6.26. The highest BCUT2D eigenvalue weighted by molar-refractivity contribution is 6.03. The van der Waals surface area contributed by atoms with Crippen molar-refractivity contribution in [1.29, 1.82) is 0 Å². The molecule has 28 heavy (non-hydrogen) atoms. The van der Waals surface area contributed by atoms with Crippen molar-refractivity contribution in [3.8, 4) is 28.7 Å². The number of hydrogen-bond acceptors (Lipinski definition) is 7. The standard InChI is InChI=1S/C20H23NO7/c1-25-15-6-5-11(7-14(15)23)18-13(10-22)20(24)21(18)12-8-16(26-2)19(28-4)17(9-12)27-3/h5-9,13,18,22-23H,10H2,1-4H3/t13-,18-/m1/s1. The number of hydrogen-bond donors (Lipinski definition) is 2. The number of methoxy groups -OCH3 is 4. The Morgan fingerprint density at radius 1 is 0.929 bits per heavy atom. The van der Waals surface area contributed by atoms with Crippen LogP contribution >= 0.6 is 0 Å². The van der Waals surface area contributed by atoms with Crippen molar-refractivity contribution in [1.82, 2.24) is 0 Å². The lowest BCUT2D eigenvalue weighted by molar-refractivity contribution is -0.132. The number of ether oxygens (including phenoxy) is 4. The minimum atomic E-state index is -0.619. The summed E-state index contributed by atoms with van der Waals surface area (Å²) in [5.74, 6) is 0.667. The maximum Gasteiger partial charge on any atom is 0.235 e. The molecular formula is C20H23NO7. The summed E-state index contributed by atoms with van der Waals surface area (Å²) in [7, 11) is 5.95. The molecule has 2 N–H and O–H groups in total. The van der Waals surface area contributed by atoms with Crippen LogP contribution in [0.4, 0.5) is 5.69 Å². The Kier molecular flexibility index (Phi) is 5.51. The van der Waals surface area contributed by atoms with Crippen molar-refractivity contribution >= 4 is 11.6 Å². The molecule has 1 aliphatic heterocycles. The van der Waals surface area contributed by atoms with Crippen LogP contribution < -0.4 is 23.8 Å². The molecule has 2 aromatic carbocycles. The van der Waals surface area contributed by atoms with E-state index in [9.17, 15) is 15.0 Å². The fraction of sp³-hybridized carbons (Fsp3) is 0.350. The first-order chi connectivity index (χ1) is 13.5. The molecule has 0 aromatic heterocycles. The molecule has 0 unspecified atom stereocenters. The Labute approximate surface area is 162 Å². The second kappa shape index (κ2) is 7.85. The zero-order chi connectivity index (χ0) is 20.4. The molecule has 1 amide bonds. The van der Waals surface area contributed by atoms with Crippen molar-refractivity contribution in [3.05, 3.63) is 35.9 Å². The normalized spacial score (nSPS) is 18.5. The van der Waals surface area contributed by atoms with Crippen molar-refractivity contribution in [2.45, 2.75) is 6.04 Å². The Bertz CT molecular complexity index is 858. The predicted octanol–water partition coefficient (Wildman–Crippen LogP) is 2.12. The molecule has 8 heteroatoms. The number of phenols is 1. The van der Waals surface area contributed by atoms with Gasteiger partial charge in [0.15, 0.2) is 23.0 Å². The maximum absolute atomic E-state index is 12.7. The Morgan fingerprint density at radius 2 is 1.54 bits per heavy atom. The van der Waals surface area contributed by atoms with E-state index >= 15 is 0 Å². The van der Waals surface area contributed by atoms with E-state index in [2.05, 4.69) is 0 Å². The van der Waals surface area contributed by atoms with Gasteiger partial charge in [-0.3, -0.25) is 4.79 Å². The molecule has 2 aromatic rings. The van der Waals surface area contributed by atoms with Crippen LogP contribution in [0.3, 0.4) is 0 Å². The summed E-state index contributed by atoms with van der Waals surface area (Å²) in [5.41, 5.74) is 1.20. The third kappa shape index (κ3) is 3.05. The van der Waals surface area contributed by atoms with E-state index in [-0.39, 0.29) is 18.3 Å². The Morgan fingerprint density at radius 3 is 2.00 bits per heavy atom. The third-order valence-corrected chi connectivity index (χ3v) is 4.88. The number of benzene rings is 2. The molecule has 0 radical (unpaired) electrons. The molecule has 1 fully saturated rings. The van der Waals surface area contributed by atoms with Crippen LogP contribution in [0.5, 0.6) is 28.7 Å². The van der Waals surface area contributed by atoms with Crippen molar-refractivity contribution in [2.24, 2.45) is 5.92 Å². The smallest absolute Gasteiger partial charge is 0.235 e. The number of aromatic hydroxyl groups is 1. The zero-order valence-electron chi connectivity index (χ0n) is 16.1. The quantitative estimate of drug-likeness (QED) is 0.700. The number of anilines is 1. The van der Waals surface area contributed by atoms with Gasteiger partial charge >= 0.3 is 0 Å². The number of rotatable bonds is 7. The summed E-state index contributed by atoms with van der Waals surface area (Å²) in [4.78, 5) is 14.2. The van der Waals surface area contributed by atoms with Crippen molar-refractivity contribution in [3.63, 3.8) is 0 Å². The fourth-order valence-corrected chi connectivity index (χ4v) is 3.49. The number of amides is 1. The second-order valence-corrected chi connectivity index (χ2v) is 6.26. The first-order valence-electron chi connectivity index (χ1n) is 8.61. The van der Waals surface area contributed by atoms with E-state index in [4.69, 9.17) is 18.9 Å². The minimum Gasteiger partial charge on any atom is -0.504 e. The number of aliphatic hydroxyl groups is 1. The van der Waals surface area contributed by atoms with Crippen LogP contribution in [0.2, 0.25) is 0 Å². The number of nitrogens with zero attached hydrogens (tertiary/aromatic N) is 1. The van der Waals surface area contributed by atoms with E-state index in [1.54, 1.807) is 24.3 Å². The molecule has 0 spiro atoms. The average molecular weight is 389 g/mol. The monoisotopic (exact) mass is 389 g/mol. The van der Waals surface area contributed by atoms with Gasteiger partial charge in [0.25, 0.3) is 0 Å². The van der Waals surface area contributed by atoms with E-state index in [0.29, 0.717) is 34.2 Å². The molecule has 8 nitrogen and oxygen atoms in total. The van der Waals surface area contributed by atoms with E-state index in [1.165, 1.54) is 39.4 Å². The van der Waals surface area contributed by atoms with E-state index < -0.39 is 12.0 Å². The maximum atomic E-state index is 12.7. The number of carbonyl (C=O) groups is 1. The molecule has 2 atom stereocenters. The number of phenolic OH excluding ortho intramolecular Hbond substituents is 1. The van der Waals surface area contributed by atoms with Gasteiger partial charge in [0, 0.05) is 12.1 Å². The van der Waals surface area contributed by atoms with Crippen LogP contribution in [-0.4, -0.2) is 51.2 Å². The molecule has 1 aliphatic rings. The average Bonchev–Trinajstić information content (AvgIpc) is 2.71.